The number of tetrazole rings is 1. The van der Waals surface area contributed by atoms with Crippen molar-refractivity contribution < 1.29 is 29.6 Å². The van der Waals surface area contributed by atoms with Gasteiger partial charge < -0.3 is 5.10 Å². The molecular weight excluding hydrogens is 223 g/mol. The quantitative estimate of drug-likeness (QED) is 0.509. The van der Waals surface area contributed by atoms with Crippen molar-refractivity contribution in [1.82, 2.24) is 20.6 Å². The minimum absolute atomic E-state index is 0. The van der Waals surface area contributed by atoms with E-state index < -0.39 is 0 Å². The molecule has 1 heterocycles. The van der Waals surface area contributed by atoms with E-state index in [1.54, 1.807) is 0 Å². The summed E-state index contributed by atoms with van der Waals surface area (Å²) in [4.78, 5) is 0. The molecule has 0 N–H and O–H groups in total. The van der Waals surface area contributed by atoms with Gasteiger partial charge >= 0.3 is 29.6 Å². The fourth-order valence-electron chi connectivity index (χ4n) is 1.77. The zero-order valence-electron chi connectivity index (χ0n) is 9.54. The predicted octanol–water partition coefficient (Wildman–Crippen LogP) is -1.42. The summed E-state index contributed by atoms with van der Waals surface area (Å²) < 4.78 is 0. The van der Waals surface area contributed by atoms with Crippen molar-refractivity contribution in [3.8, 4) is 0 Å². The van der Waals surface area contributed by atoms with Crippen LogP contribution >= 0.6 is 0 Å². The van der Waals surface area contributed by atoms with Gasteiger partial charge in [0.1, 0.15) is 0 Å². The van der Waals surface area contributed by atoms with Gasteiger partial charge in [0, 0.05) is 12.2 Å². The SMILES string of the molecule is [Na+].c1ccc2cc(Cc3nnn[n-]3)ccc2c1. The van der Waals surface area contributed by atoms with E-state index >= 15 is 0 Å². The maximum Gasteiger partial charge on any atom is 1.00 e. The predicted molar refractivity (Wildman–Crippen MR) is 59.9 cm³/mol. The summed E-state index contributed by atoms with van der Waals surface area (Å²) in [5.41, 5.74) is 1.17. The van der Waals surface area contributed by atoms with Crippen LogP contribution < -0.4 is 34.7 Å². The molecule has 0 aliphatic heterocycles. The minimum atomic E-state index is 0. The Balaban J connectivity index is 0.00000108. The number of fused-ring (bicyclic) bond motifs is 1. The van der Waals surface area contributed by atoms with E-state index in [2.05, 4.69) is 51.0 Å². The van der Waals surface area contributed by atoms with Crippen LogP contribution in [0.1, 0.15) is 11.4 Å². The van der Waals surface area contributed by atoms with E-state index in [-0.39, 0.29) is 29.6 Å². The maximum atomic E-state index is 3.82. The number of aromatic nitrogens is 4. The van der Waals surface area contributed by atoms with Crippen LogP contribution in [-0.2, 0) is 6.42 Å². The third kappa shape index (κ3) is 2.72. The van der Waals surface area contributed by atoms with Gasteiger partial charge in [-0.15, -0.1) is 0 Å². The van der Waals surface area contributed by atoms with Gasteiger partial charge in [0.15, 0.2) is 0 Å². The molecule has 2 aromatic carbocycles. The Morgan fingerprint density at radius 1 is 1.00 bits per heavy atom. The summed E-state index contributed by atoms with van der Waals surface area (Å²) in [6, 6.07) is 14.6. The van der Waals surface area contributed by atoms with Gasteiger partial charge in [-0.25, -0.2) is 0 Å². The van der Waals surface area contributed by atoms with Crippen LogP contribution in [0.25, 0.3) is 10.8 Å². The molecule has 0 saturated heterocycles. The average molecular weight is 232 g/mol. The van der Waals surface area contributed by atoms with Crippen LogP contribution in [0.15, 0.2) is 42.5 Å². The molecule has 0 aliphatic rings. The summed E-state index contributed by atoms with van der Waals surface area (Å²) >= 11 is 0. The smallest absolute Gasteiger partial charge is 0.335 e. The van der Waals surface area contributed by atoms with E-state index in [4.69, 9.17) is 0 Å². The minimum Gasteiger partial charge on any atom is -0.335 e. The van der Waals surface area contributed by atoms with Gasteiger partial charge in [0.2, 0.25) is 0 Å². The number of hydrogen-bond acceptors (Lipinski definition) is 3. The van der Waals surface area contributed by atoms with Crippen LogP contribution in [0.3, 0.4) is 0 Å². The molecule has 0 amide bonds. The average Bonchev–Trinajstić information content (AvgIpc) is 2.82. The van der Waals surface area contributed by atoms with Crippen molar-refractivity contribution in [2.75, 3.05) is 0 Å². The molecule has 0 fully saturated rings. The molecule has 17 heavy (non-hydrogen) atoms. The van der Waals surface area contributed by atoms with Crippen LogP contribution in [0.2, 0.25) is 0 Å². The molecule has 0 saturated carbocycles. The van der Waals surface area contributed by atoms with E-state index in [1.807, 2.05) is 12.1 Å². The van der Waals surface area contributed by atoms with Gasteiger partial charge in [-0.3, -0.25) is 10.3 Å². The van der Waals surface area contributed by atoms with Crippen molar-refractivity contribution in [2.24, 2.45) is 0 Å². The fraction of sp³-hybridized carbons (Fsp3) is 0.0833. The van der Waals surface area contributed by atoms with Crippen LogP contribution in [0, 0.1) is 0 Å². The van der Waals surface area contributed by atoms with Crippen molar-refractivity contribution in [3.05, 3.63) is 53.9 Å². The first kappa shape index (κ1) is 12.2. The van der Waals surface area contributed by atoms with E-state index in [1.165, 1.54) is 16.3 Å². The van der Waals surface area contributed by atoms with Crippen LogP contribution in [0.5, 0.6) is 0 Å². The Kier molecular flexibility index (Phi) is 3.89. The van der Waals surface area contributed by atoms with Gasteiger partial charge in [-0.05, 0) is 16.3 Å². The van der Waals surface area contributed by atoms with Crippen LogP contribution in [0.4, 0.5) is 0 Å². The number of nitrogens with zero attached hydrogens (tertiary/aromatic N) is 4. The first-order chi connectivity index (χ1) is 7.92. The molecule has 0 spiro atoms. The molecule has 0 radical (unpaired) electrons. The second-order valence-electron chi connectivity index (χ2n) is 3.65. The zero-order valence-corrected chi connectivity index (χ0v) is 11.5. The first-order valence-corrected chi connectivity index (χ1v) is 5.07. The summed E-state index contributed by atoms with van der Waals surface area (Å²) in [6.45, 7) is 0. The van der Waals surface area contributed by atoms with Crippen molar-refractivity contribution >= 4 is 10.8 Å². The summed E-state index contributed by atoms with van der Waals surface area (Å²) in [6.07, 6.45) is 0.678. The summed E-state index contributed by atoms with van der Waals surface area (Å²) in [7, 11) is 0. The largest absolute Gasteiger partial charge is 1.00 e. The van der Waals surface area contributed by atoms with Gasteiger partial charge in [-0.2, -0.15) is 5.21 Å². The molecule has 5 heteroatoms. The Bertz CT molecular complexity index is 607. The molecule has 0 bridgehead atoms. The molecule has 3 aromatic rings. The molecule has 0 atom stereocenters. The Labute approximate surface area is 121 Å². The second kappa shape index (κ2) is 5.40. The van der Waals surface area contributed by atoms with Crippen LogP contribution in [-0.4, -0.2) is 15.5 Å². The molecule has 3 rings (SSSR count). The molecular formula is C12H9N4Na. The third-order valence-corrected chi connectivity index (χ3v) is 2.54. The normalized spacial score (nSPS) is 10.1. The number of rotatable bonds is 2. The molecule has 0 aliphatic carbocycles. The second-order valence-corrected chi connectivity index (χ2v) is 3.65. The van der Waals surface area contributed by atoms with Crippen molar-refractivity contribution in [1.29, 1.82) is 0 Å². The topological polar surface area (TPSA) is 52.8 Å². The molecule has 78 valence electrons. The van der Waals surface area contributed by atoms with Crippen molar-refractivity contribution in [3.63, 3.8) is 0 Å². The Morgan fingerprint density at radius 2 is 1.82 bits per heavy atom. The maximum absolute atomic E-state index is 3.82. The monoisotopic (exact) mass is 232 g/mol. The third-order valence-electron chi connectivity index (χ3n) is 2.54. The summed E-state index contributed by atoms with van der Waals surface area (Å²) in [5, 5.41) is 17.0. The first-order valence-electron chi connectivity index (χ1n) is 5.07. The molecule has 1 aromatic heterocycles. The number of benzene rings is 2. The van der Waals surface area contributed by atoms with E-state index in [0.717, 1.165) is 0 Å². The Hall–Kier alpha value is -1.23. The van der Waals surface area contributed by atoms with Gasteiger partial charge in [-0.1, -0.05) is 42.5 Å². The van der Waals surface area contributed by atoms with E-state index in [0.29, 0.717) is 12.2 Å². The molecule has 4 nitrogen and oxygen atoms in total. The molecule has 0 unspecified atom stereocenters. The Morgan fingerprint density at radius 3 is 2.59 bits per heavy atom. The van der Waals surface area contributed by atoms with Gasteiger partial charge in [0.25, 0.3) is 0 Å². The summed E-state index contributed by atoms with van der Waals surface area (Å²) in [5.74, 6) is 0.662. The van der Waals surface area contributed by atoms with Crippen molar-refractivity contribution in [2.45, 2.75) is 6.42 Å². The fourth-order valence-corrected chi connectivity index (χ4v) is 1.77. The van der Waals surface area contributed by atoms with Gasteiger partial charge in [0.05, 0.1) is 0 Å². The van der Waals surface area contributed by atoms with E-state index in [9.17, 15) is 0 Å². The standard InChI is InChI=1S/C12H9N4.Na/c1-2-4-11-7-9(5-6-10(11)3-1)8-12-13-15-16-14-12;/h1-7H,8H2;/q-1;+1. The number of hydrogen-bond donors (Lipinski definition) is 0. The zero-order chi connectivity index (χ0) is 10.8.